The first kappa shape index (κ1) is 15.0. The maximum Gasteiger partial charge on any atom is 0.308 e. The molecule has 2 atom stereocenters. The zero-order valence-corrected chi connectivity index (χ0v) is 12.5. The van der Waals surface area contributed by atoms with E-state index in [1.807, 2.05) is 13.8 Å². The molecule has 0 bridgehead atoms. The molecule has 2 rings (SSSR count). The fourth-order valence-corrected chi connectivity index (χ4v) is 3.79. The van der Waals surface area contributed by atoms with Crippen LogP contribution in [0, 0.1) is 11.8 Å². The second-order valence-corrected chi connectivity index (χ2v) is 7.38. The number of carbonyl (C=O) groups is 1. The molecule has 1 aromatic heterocycles. The largest absolute Gasteiger partial charge is 0.481 e. The lowest BCUT2D eigenvalue weighted by Crippen LogP contribution is -2.30. The third kappa shape index (κ3) is 2.57. The Labute approximate surface area is 118 Å². The highest BCUT2D eigenvalue weighted by Crippen LogP contribution is 2.28. The Morgan fingerprint density at radius 3 is 2.55 bits per heavy atom. The van der Waals surface area contributed by atoms with Gasteiger partial charge in [0.2, 0.25) is 0 Å². The van der Waals surface area contributed by atoms with Crippen LogP contribution in [0.3, 0.4) is 0 Å². The van der Waals surface area contributed by atoms with Crippen LogP contribution in [-0.4, -0.2) is 46.4 Å². The van der Waals surface area contributed by atoms with Gasteiger partial charge in [0, 0.05) is 25.3 Å². The molecular weight excluding hydrogens is 282 g/mol. The fourth-order valence-electron chi connectivity index (χ4n) is 2.31. The number of imidazole rings is 1. The minimum atomic E-state index is -3.71. The normalized spacial score (nSPS) is 24.4. The van der Waals surface area contributed by atoms with E-state index in [1.54, 1.807) is 11.5 Å². The summed E-state index contributed by atoms with van der Waals surface area (Å²) in [6.45, 7) is 5.83. The number of rotatable bonds is 4. The van der Waals surface area contributed by atoms with Crippen molar-refractivity contribution in [1.29, 1.82) is 0 Å². The van der Waals surface area contributed by atoms with Gasteiger partial charge in [-0.15, -0.1) is 0 Å². The topological polar surface area (TPSA) is 92.5 Å². The van der Waals surface area contributed by atoms with Crippen LogP contribution in [0.25, 0.3) is 0 Å². The van der Waals surface area contributed by atoms with Gasteiger partial charge in [-0.3, -0.25) is 4.79 Å². The lowest BCUT2D eigenvalue weighted by Gasteiger charge is -2.14. The molecular formula is C12H19N3O4S. The second-order valence-electron chi connectivity index (χ2n) is 5.50. The van der Waals surface area contributed by atoms with Gasteiger partial charge in [-0.25, -0.2) is 13.4 Å². The first-order valence-electron chi connectivity index (χ1n) is 6.50. The van der Waals surface area contributed by atoms with Gasteiger partial charge in [-0.1, -0.05) is 6.92 Å². The number of sulfonamides is 1. The van der Waals surface area contributed by atoms with Crippen molar-refractivity contribution in [3.63, 3.8) is 0 Å². The molecule has 1 aromatic rings. The minimum Gasteiger partial charge on any atom is -0.481 e. The van der Waals surface area contributed by atoms with Crippen molar-refractivity contribution >= 4 is 16.0 Å². The number of nitrogens with zero attached hydrogens (tertiary/aromatic N) is 3. The summed E-state index contributed by atoms with van der Waals surface area (Å²) in [7, 11) is -3.71. The van der Waals surface area contributed by atoms with E-state index in [-0.39, 0.29) is 30.1 Å². The summed E-state index contributed by atoms with van der Waals surface area (Å²) in [4.78, 5) is 15.0. The molecule has 1 saturated heterocycles. The highest BCUT2D eigenvalue weighted by molar-refractivity contribution is 7.89. The Morgan fingerprint density at radius 1 is 1.45 bits per heavy atom. The van der Waals surface area contributed by atoms with Crippen LogP contribution < -0.4 is 0 Å². The molecule has 0 aromatic carbocycles. The Kier molecular flexibility index (Phi) is 3.88. The van der Waals surface area contributed by atoms with Crippen molar-refractivity contribution in [3.05, 3.63) is 12.5 Å². The van der Waals surface area contributed by atoms with Crippen molar-refractivity contribution in [2.75, 3.05) is 13.1 Å². The van der Waals surface area contributed by atoms with Crippen LogP contribution in [0.4, 0.5) is 0 Å². The maximum absolute atomic E-state index is 12.4. The standard InChI is InChI=1S/C12H19N3O4S/c1-8(2)14-6-11(13-7-14)20(18,19)15-4-9(3)10(5-15)12(16)17/h6-10H,4-5H2,1-3H3,(H,16,17)/t9-,10-/m1/s1. The quantitative estimate of drug-likeness (QED) is 0.888. The van der Waals surface area contributed by atoms with Crippen LogP contribution in [0.1, 0.15) is 26.8 Å². The highest BCUT2D eigenvalue weighted by atomic mass is 32.2. The van der Waals surface area contributed by atoms with Gasteiger partial charge in [0.25, 0.3) is 10.0 Å². The molecule has 0 spiro atoms. The number of carboxylic acid groups (broad SMARTS) is 1. The molecule has 0 aliphatic carbocycles. The van der Waals surface area contributed by atoms with E-state index in [1.165, 1.54) is 16.8 Å². The minimum absolute atomic E-state index is 0.00731. The summed E-state index contributed by atoms with van der Waals surface area (Å²) >= 11 is 0. The summed E-state index contributed by atoms with van der Waals surface area (Å²) in [5, 5.41) is 9.05. The SMILES string of the molecule is CC(C)n1cnc(S(=O)(=O)N2C[C@@H](C)[C@H](C(=O)O)C2)c1. The maximum atomic E-state index is 12.4. The summed E-state index contributed by atoms with van der Waals surface area (Å²) in [5.41, 5.74) is 0. The molecule has 7 nitrogen and oxygen atoms in total. The van der Waals surface area contributed by atoms with E-state index in [4.69, 9.17) is 5.11 Å². The van der Waals surface area contributed by atoms with Crippen LogP contribution in [0.5, 0.6) is 0 Å². The molecule has 0 saturated carbocycles. The van der Waals surface area contributed by atoms with E-state index in [0.717, 1.165) is 0 Å². The lowest BCUT2D eigenvalue weighted by atomic mass is 9.99. The summed E-state index contributed by atoms with van der Waals surface area (Å²) < 4.78 is 27.8. The van der Waals surface area contributed by atoms with Gasteiger partial charge in [0.05, 0.1) is 12.2 Å². The molecule has 0 radical (unpaired) electrons. The number of aliphatic carboxylic acids is 1. The molecule has 0 amide bonds. The van der Waals surface area contributed by atoms with Crippen LogP contribution >= 0.6 is 0 Å². The summed E-state index contributed by atoms with van der Waals surface area (Å²) in [6, 6.07) is 0.121. The first-order valence-corrected chi connectivity index (χ1v) is 7.94. The third-order valence-corrected chi connectivity index (χ3v) is 5.39. The molecule has 0 unspecified atom stereocenters. The average molecular weight is 301 g/mol. The Balaban J connectivity index is 2.25. The Hall–Kier alpha value is -1.41. The first-order chi connectivity index (χ1) is 9.23. The van der Waals surface area contributed by atoms with Crippen molar-refractivity contribution in [2.45, 2.75) is 31.8 Å². The molecule has 1 aliphatic heterocycles. The van der Waals surface area contributed by atoms with Crippen LogP contribution in [0.15, 0.2) is 17.6 Å². The Morgan fingerprint density at radius 2 is 2.10 bits per heavy atom. The van der Waals surface area contributed by atoms with Crippen LogP contribution in [0.2, 0.25) is 0 Å². The van der Waals surface area contributed by atoms with Crippen molar-refractivity contribution in [1.82, 2.24) is 13.9 Å². The van der Waals surface area contributed by atoms with Gasteiger partial charge in [0.1, 0.15) is 0 Å². The number of aromatic nitrogens is 2. The monoisotopic (exact) mass is 301 g/mol. The Bertz CT molecular complexity index is 608. The molecule has 1 aliphatic rings. The molecule has 2 heterocycles. The number of hydrogen-bond acceptors (Lipinski definition) is 4. The second kappa shape index (κ2) is 5.17. The van der Waals surface area contributed by atoms with E-state index >= 15 is 0 Å². The summed E-state index contributed by atoms with van der Waals surface area (Å²) in [6.07, 6.45) is 2.96. The molecule has 1 N–H and O–H groups in total. The van der Waals surface area contributed by atoms with E-state index in [2.05, 4.69) is 4.98 Å². The van der Waals surface area contributed by atoms with E-state index in [9.17, 15) is 13.2 Å². The van der Waals surface area contributed by atoms with Gasteiger partial charge >= 0.3 is 5.97 Å². The molecule has 8 heteroatoms. The summed E-state index contributed by atoms with van der Waals surface area (Å²) in [5.74, 6) is -1.81. The zero-order chi connectivity index (χ0) is 15.1. The van der Waals surface area contributed by atoms with E-state index in [0.29, 0.717) is 0 Å². The molecule has 1 fully saturated rings. The van der Waals surface area contributed by atoms with Gasteiger partial charge in [-0.2, -0.15) is 4.31 Å². The predicted octanol–water partition coefficient (Wildman–Crippen LogP) is 0.805. The molecule has 112 valence electrons. The van der Waals surface area contributed by atoms with Crippen LogP contribution in [-0.2, 0) is 14.8 Å². The predicted molar refractivity (Wildman–Crippen MR) is 71.7 cm³/mol. The number of carboxylic acids is 1. The average Bonchev–Trinajstić information content (AvgIpc) is 2.94. The van der Waals surface area contributed by atoms with Gasteiger partial charge in [-0.05, 0) is 19.8 Å². The number of hydrogen-bond donors (Lipinski definition) is 1. The smallest absolute Gasteiger partial charge is 0.308 e. The van der Waals surface area contributed by atoms with Crippen molar-refractivity contribution < 1.29 is 18.3 Å². The third-order valence-electron chi connectivity index (χ3n) is 3.67. The van der Waals surface area contributed by atoms with Crippen molar-refractivity contribution in [2.24, 2.45) is 11.8 Å². The highest BCUT2D eigenvalue weighted by Gasteiger charge is 2.41. The van der Waals surface area contributed by atoms with Gasteiger partial charge < -0.3 is 9.67 Å². The lowest BCUT2D eigenvalue weighted by molar-refractivity contribution is -0.142. The zero-order valence-electron chi connectivity index (χ0n) is 11.7. The fraction of sp³-hybridized carbons (Fsp3) is 0.667. The van der Waals surface area contributed by atoms with E-state index < -0.39 is 21.9 Å². The molecule has 20 heavy (non-hydrogen) atoms. The van der Waals surface area contributed by atoms with Gasteiger partial charge in [0.15, 0.2) is 5.03 Å². The van der Waals surface area contributed by atoms with Crippen molar-refractivity contribution in [3.8, 4) is 0 Å².